The van der Waals surface area contributed by atoms with Crippen LogP contribution in [0.2, 0.25) is 0 Å². The molecule has 2 aromatic carbocycles. The van der Waals surface area contributed by atoms with Crippen molar-refractivity contribution < 1.29 is 14.3 Å². The summed E-state index contributed by atoms with van der Waals surface area (Å²) in [6.07, 6.45) is 1.44. The molecule has 8 nitrogen and oxygen atoms in total. The van der Waals surface area contributed by atoms with Gasteiger partial charge in [0, 0.05) is 41.9 Å². The Kier molecular flexibility index (Phi) is 5.37. The van der Waals surface area contributed by atoms with Crippen LogP contribution in [0.25, 0.3) is 11.3 Å². The zero-order valence-electron chi connectivity index (χ0n) is 17.0. The Morgan fingerprint density at radius 3 is 2.52 bits per heavy atom. The van der Waals surface area contributed by atoms with Crippen molar-refractivity contribution in [3.8, 4) is 11.3 Å². The standard InChI is InChI=1S/C23H23N5O3/c29-23-28(12-15-31-23)19-6-4-18(5-7-19)25-22-24-9-8-21(26-22)17-2-1-3-20(16-17)27-10-13-30-14-11-27/h1-9,16H,10-15H2,(H,24,25,26). The third-order valence-corrected chi connectivity index (χ3v) is 5.37. The lowest BCUT2D eigenvalue weighted by Crippen LogP contribution is -2.36. The molecule has 3 aromatic rings. The number of hydrogen-bond donors (Lipinski definition) is 1. The summed E-state index contributed by atoms with van der Waals surface area (Å²) in [5.41, 5.74) is 4.71. The monoisotopic (exact) mass is 417 g/mol. The maximum Gasteiger partial charge on any atom is 0.414 e. The van der Waals surface area contributed by atoms with E-state index in [1.165, 1.54) is 5.69 Å². The van der Waals surface area contributed by atoms with Crippen LogP contribution in [0.15, 0.2) is 60.8 Å². The average molecular weight is 417 g/mol. The van der Waals surface area contributed by atoms with Crippen molar-refractivity contribution in [3.05, 3.63) is 60.8 Å². The van der Waals surface area contributed by atoms with Gasteiger partial charge >= 0.3 is 6.09 Å². The van der Waals surface area contributed by atoms with E-state index < -0.39 is 0 Å². The van der Waals surface area contributed by atoms with Gasteiger partial charge in [-0.1, -0.05) is 12.1 Å². The molecular weight excluding hydrogens is 394 g/mol. The van der Waals surface area contributed by atoms with E-state index in [-0.39, 0.29) is 6.09 Å². The van der Waals surface area contributed by atoms with Gasteiger partial charge in [0.05, 0.1) is 25.5 Å². The summed E-state index contributed by atoms with van der Waals surface area (Å²) < 4.78 is 10.4. The highest BCUT2D eigenvalue weighted by Crippen LogP contribution is 2.26. The molecule has 0 aliphatic carbocycles. The number of morpholine rings is 1. The Balaban J connectivity index is 1.32. The van der Waals surface area contributed by atoms with E-state index in [1.807, 2.05) is 30.3 Å². The largest absolute Gasteiger partial charge is 0.447 e. The number of carbonyl (C=O) groups is 1. The van der Waals surface area contributed by atoms with E-state index in [9.17, 15) is 4.79 Å². The van der Waals surface area contributed by atoms with Gasteiger partial charge in [0.1, 0.15) is 6.61 Å². The second-order valence-corrected chi connectivity index (χ2v) is 7.35. The first-order valence-electron chi connectivity index (χ1n) is 10.3. The molecule has 1 N–H and O–H groups in total. The summed E-state index contributed by atoms with van der Waals surface area (Å²) in [6, 6.07) is 17.8. The minimum atomic E-state index is -0.309. The second kappa shape index (κ2) is 8.61. The Hall–Kier alpha value is -3.65. The minimum absolute atomic E-state index is 0.309. The van der Waals surface area contributed by atoms with Crippen LogP contribution in [0.3, 0.4) is 0 Å². The summed E-state index contributed by atoms with van der Waals surface area (Å²) in [4.78, 5) is 24.7. The number of nitrogens with one attached hydrogen (secondary N) is 1. The van der Waals surface area contributed by atoms with Crippen molar-refractivity contribution in [3.63, 3.8) is 0 Å². The highest BCUT2D eigenvalue weighted by Gasteiger charge is 2.23. The molecule has 2 saturated heterocycles. The third kappa shape index (κ3) is 4.29. The number of cyclic esters (lactones) is 1. The van der Waals surface area contributed by atoms with Gasteiger partial charge in [0.25, 0.3) is 0 Å². The van der Waals surface area contributed by atoms with Crippen molar-refractivity contribution in [1.29, 1.82) is 0 Å². The fourth-order valence-electron chi connectivity index (χ4n) is 3.74. The summed E-state index contributed by atoms with van der Waals surface area (Å²) in [6.45, 7) is 4.29. The van der Waals surface area contributed by atoms with E-state index in [4.69, 9.17) is 9.47 Å². The zero-order valence-corrected chi connectivity index (χ0v) is 17.0. The zero-order chi connectivity index (χ0) is 21.0. The lowest BCUT2D eigenvalue weighted by atomic mass is 10.1. The number of hydrogen-bond acceptors (Lipinski definition) is 7. The van der Waals surface area contributed by atoms with E-state index in [0.29, 0.717) is 19.1 Å². The first kappa shape index (κ1) is 19.3. The summed E-state index contributed by atoms with van der Waals surface area (Å²) in [5.74, 6) is 0.516. The van der Waals surface area contributed by atoms with E-state index in [2.05, 4.69) is 44.5 Å². The molecule has 3 heterocycles. The molecule has 2 fully saturated rings. The molecule has 0 bridgehead atoms. The first-order valence-corrected chi connectivity index (χ1v) is 10.3. The fourth-order valence-corrected chi connectivity index (χ4v) is 3.74. The Bertz CT molecular complexity index is 1070. The third-order valence-electron chi connectivity index (χ3n) is 5.37. The van der Waals surface area contributed by atoms with E-state index in [0.717, 1.165) is 48.9 Å². The van der Waals surface area contributed by atoms with Crippen LogP contribution < -0.4 is 15.1 Å². The Morgan fingerprint density at radius 1 is 0.903 bits per heavy atom. The minimum Gasteiger partial charge on any atom is -0.447 e. The lowest BCUT2D eigenvalue weighted by Gasteiger charge is -2.29. The smallest absolute Gasteiger partial charge is 0.414 e. The highest BCUT2D eigenvalue weighted by molar-refractivity contribution is 5.89. The van der Waals surface area contributed by atoms with Crippen LogP contribution in [0.5, 0.6) is 0 Å². The number of amides is 1. The van der Waals surface area contributed by atoms with Gasteiger partial charge in [-0.25, -0.2) is 14.8 Å². The molecule has 5 rings (SSSR count). The number of aromatic nitrogens is 2. The number of carbonyl (C=O) groups excluding carboxylic acids is 1. The lowest BCUT2D eigenvalue weighted by molar-refractivity contribution is 0.122. The van der Waals surface area contributed by atoms with Gasteiger partial charge in [-0.05, 0) is 42.5 Å². The molecule has 0 spiro atoms. The van der Waals surface area contributed by atoms with Crippen molar-refractivity contribution in [2.24, 2.45) is 0 Å². The molecular formula is C23H23N5O3. The van der Waals surface area contributed by atoms with Crippen molar-refractivity contribution in [2.45, 2.75) is 0 Å². The predicted octanol–water partition coefficient (Wildman–Crippen LogP) is 3.68. The molecule has 0 saturated carbocycles. The van der Waals surface area contributed by atoms with Gasteiger partial charge < -0.3 is 19.7 Å². The molecule has 2 aliphatic heterocycles. The van der Waals surface area contributed by atoms with Crippen molar-refractivity contribution in [1.82, 2.24) is 9.97 Å². The normalized spacial score (nSPS) is 16.3. The van der Waals surface area contributed by atoms with Crippen LogP contribution in [0.1, 0.15) is 0 Å². The molecule has 1 amide bonds. The Labute approximate surface area is 180 Å². The molecule has 2 aliphatic rings. The van der Waals surface area contributed by atoms with E-state index >= 15 is 0 Å². The molecule has 158 valence electrons. The van der Waals surface area contributed by atoms with Crippen LogP contribution in [0.4, 0.5) is 27.8 Å². The molecule has 8 heteroatoms. The average Bonchev–Trinajstić information content (AvgIpc) is 3.26. The van der Waals surface area contributed by atoms with E-state index in [1.54, 1.807) is 11.1 Å². The van der Waals surface area contributed by atoms with Gasteiger partial charge in [0.15, 0.2) is 0 Å². The predicted molar refractivity (Wildman–Crippen MR) is 119 cm³/mol. The quantitative estimate of drug-likeness (QED) is 0.678. The molecule has 0 unspecified atom stereocenters. The maximum absolute atomic E-state index is 11.7. The van der Waals surface area contributed by atoms with Crippen LogP contribution in [-0.4, -0.2) is 55.5 Å². The first-order chi connectivity index (χ1) is 15.3. The number of ether oxygens (including phenoxy) is 2. The van der Waals surface area contributed by atoms with Gasteiger partial charge in [0.2, 0.25) is 5.95 Å². The van der Waals surface area contributed by atoms with Crippen LogP contribution in [0, 0.1) is 0 Å². The summed E-state index contributed by atoms with van der Waals surface area (Å²) in [5, 5.41) is 3.24. The van der Waals surface area contributed by atoms with Crippen molar-refractivity contribution in [2.75, 3.05) is 54.6 Å². The summed E-state index contributed by atoms with van der Waals surface area (Å²) >= 11 is 0. The van der Waals surface area contributed by atoms with Crippen LogP contribution in [-0.2, 0) is 9.47 Å². The number of nitrogens with zero attached hydrogens (tertiary/aromatic N) is 4. The maximum atomic E-state index is 11.7. The SMILES string of the molecule is O=C1OCCN1c1ccc(Nc2nccc(-c3cccc(N4CCOCC4)c3)n2)cc1. The van der Waals surface area contributed by atoms with Gasteiger partial charge in [-0.3, -0.25) is 4.90 Å². The molecule has 0 atom stereocenters. The second-order valence-electron chi connectivity index (χ2n) is 7.35. The number of anilines is 4. The number of benzene rings is 2. The highest BCUT2D eigenvalue weighted by atomic mass is 16.6. The van der Waals surface area contributed by atoms with Crippen molar-refractivity contribution >= 4 is 29.1 Å². The van der Waals surface area contributed by atoms with Gasteiger partial charge in [-0.15, -0.1) is 0 Å². The number of rotatable bonds is 5. The Morgan fingerprint density at radius 2 is 1.74 bits per heavy atom. The van der Waals surface area contributed by atoms with Gasteiger partial charge in [-0.2, -0.15) is 0 Å². The molecule has 31 heavy (non-hydrogen) atoms. The topological polar surface area (TPSA) is 79.8 Å². The van der Waals surface area contributed by atoms with Crippen LogP contribution >= 0.6 is 0 Å². The fraction of sp³-hybridized carbons (Fsp3) is 0.261. The molecule has 1 aromatic heterocycles. The molecule has 0 radical (unpaired) electrons. The summed E-state index contributed by atoms with van der Waals surface area (Å²) in [7, 11) is 0.